The predicted molar refractivity (Wildman–Crippen MR) is 24.2 cm³/mol. The van der Waals surface area contributed by atoms with Crippen LogP contribution in [0.1, 0.15) is 6.42 Å². The number of nitriles is 1. The molecule has 1 aliphatic carbocycles. The van der Waals surface area contributed by atoms with Crippen molar-refractivity contribution < 1.29 is 0 Å². The highest BCUT2D eigenvalue weighted by atomic mass is 15.1. The molecule has 1 N–H and O–H groups in total. The van der Waals surface area contributed by atoms with Crippen LogP contribution in [-0.2, 0) is 0 Å². The van der Waals surface area contributed by atoms with Crippen molar-refractivity contribution in [2.24, 2.45) is 0 Å². The number of nitrogens with one attached hydrogen (secondary N) is 1. The van der Waals surface area contributed by atoms with Crippen LogP contribution in [0.4, 0.5) is 0 Å². The summed E-state index contributed by atoms with van der Waals surface area (Å²) in [5.41, 5.74) is 2.16. The molecule has 1 atom stereocenters. The average Bonchev–Trinajstić information content (AvgIpc) is 2.18. The van der Waals surface area contributed by atoms with Crippen molar-refractivity contribution in [1.29, 1.82) is 5.26 Å². The summed E-state index contributed by atoms with van der Waals surface area (Å²) in [6.45, 7) is 0. The molecule has 0 spiro atoms. The maximum atomic E-state index is 8.24. The minimum atomic E-state index is 0.620. The molecule has 0 aromatic rings. The number of nitrogens with zero attached hydrogens (tertiary/aromatic N) is 1. The molecule has 1 unspecified atom stereocenters. The zero-order valence-corrected chi connectivity index (χ0v) is 3.73. The van der Waals surface area contributed by atoms with Crippen molar-refractivity contribution >= 4 is 0 Å². The van der Waals surface area contributed by atoms with Gasteiger partial charge in [-0.2, -0.15) is 5.26 Å². The summed E-state index contributed by atoms with van der Waals surface area (Å²) in [4.78, 5) is 0. The second-order valence-electron chi connectivity index (χ2n) is 1.91. The third kappa shape index (κ3) is 0.204. The Morgan fingerprint density at radius 3 is 2.86 bits per heavy atom. The highest BCUT2D eigenvalue weighted by Crippen LogP contribution is 2.37. The molecule has 2 nitrogen and oxygen atoms in total. The van der Waals surface area contributed by atoms with Crippen molar-refractivity contribution in [3.8, 4) is 6.07 Å². The predicted octanol–water partition coefficient (Wildman–Crippen LogP) is 0.140. The fourth-order valence-electron chi connectivity index (χ4n) is 0.885. The zero-order valence-electron chi connectivity index (χ0n) is 3.73. The van der Waals surface area contributed by atoms with Gasteiger partial charge in [0.15, 0.2) is 0 Å². The Morgan fingerprint density at radius 2 is 2.71 bits per heavy atom. The van der Waals surface area contributed by atoms with Crippen molar-refractivity contribution in [3.63, 3.8) is 0 Å². The van der Waals surface area contributed by atoms with Crippen molar-refractivity contribution in [2.45, 2.75) is 12.5 Å². The normalized spacial score (nSPS) is 32.1. The standard InChI is InChI=1S/C5H4N2/c6-2-3-1-4-5(3)7-4/h4,7H,1H2. The lowest BCUT2D eigenvalue weighted by atomic mass is 10.0. The van der Waals surface area contributed by atoms with E-state index >= 15 is 0 Å². The molecule has 0 aromatic carbocycles. The van der Waals surface area contributed by atoms with E-state index in [4.69, 9.17) is 5.26 Å². The van der Waals surface area contributed by atoms with Gasteiger partial charge in [0.25, 0.3) is 0 Å². The molecule has 1 heterocycles. The van der Waals surface area contributed by atoms with Crippen LogP contribution in [-0.4, -0.2) is 6.04 Å². The van der Waals surface area contributed by atoms with Crippen molar-refractivity contribution in [2.75, 3.05) is 0 Å². The monoisotopic (exact) mass is 92.0 g/mol. The van der Waals surface area contributed by atoms with Crippen LogP contribution < -0.4 is 5.32 Å². The van der Waals surface area contributed by atoms with Crippen LogP contribution in [0.2, 0.25) is 0 Å². The molecule has 34 valence electrons. The molecule has 2 rings (SSSR count). The van der Waals surface area contributed by atoms with Gasteiger partial charge in [-0.1, -0.05) is 0 Å². The quantitative estimate of drug-likeness (QED) is 0.432. The van der Waals surface area contributed by atoms with Crippen LogP contribution in [0.15, 0.2) is 11.3 Å². The maximum Gasteiger partial charge on any atom is 0.0967 e. The average molecular weight is 92.1 g/mol. The highest BCUT2D eigenvalue weighted by molar-refractivity contribution is 5.50. The maximum absolute atomic E-state index is 8.24. The summed E-state index contributed by atoms with van der Waals surface area (Å²) in [6.07, 6.45) is 0.978. The highest BCUT2D eigenvalue weighted by Gasteiger charge is 2.42. The first-order valence-electron chi connectivity index (χ1n) is 2.31. The van der Waals surface area contributed by atoms with E-state index in [0.29, 0.717) is 6.04 Å². The smallest absolute Gasteiger partial charge is 0.0967 e. The Balaban J connectivity index is 2.42. The molecule has 0 aromatic heterocycles. The van der Waals surface area contributed by atoms with Gasteiger partial charge < -0.3 is 5.32 Å². The van der Waals surface area contributed by atoms with Crippen molar-refractivity contribution in [1.82, 2.24) is 5.32 Å². The Labute approximate surface area is 41.4 Å². The Morgan fingerprint density at radius 1 is 1.86 bits per heavy atom. The van der Waals surface area contributed by atoms with Gasteiger partial charge in [0.05, 0.1) is 17.7 Å². The van der Waals surface area contributed by atoms with Gasteiger partial charge in [-0.3, -0.25) is 0 Å². The van der Waals surface area contributed by atoms with Crippen LogP contribution in [0, 0.1) is 11.3 Å². The largest absolute Gasteiger partial charge is 0.377 e. The Kier molecular flexibility index (Phi) is 0.296. The van der Waals surface area contributed by atoms with Gasteiger partial charge in [-0.15, -0.1) is 0 Å². The zero-order chi connectivity index (χ0) is 4.85. The second-order valence-corrected chi connectivity index (χ2v) is 1.91. The van der Waals surface area contributed by atoms with Crippen LogP contribution in [0.3, 0.4) is 0 Å². The lowest BCUT2D eigenvalue weighted by molar-refractivity contribution is 0.909. The molecule has 2 heteroatoms. The van der Waals surface area contributed by atoms with Gasteiger partial charge in [-0.05, 0) is 0 Å². The molecule has 0 amide bonds. The van der Waals surface area contributed by atoms with E-state index in [-0.39, 0.29) is 0 Å². The summed E-state index contributed by atoms with van der Waals surface area (Å²) < 4.78 is 0. The Hall–Kier alpha value is -0.970. The first-order valence-corrected chi connectivity index (χ1v) is 2.31. The molecule has 0 saturated carbocycles. The summed E-state index contributed by atoms with van der Waals surface area (Å²) in [5, 5.41) is 11.3. The molecule has 0 radical (unpaired) electrons. The lowest BCUT2D eigenvalue weighted by Gasteiger charge is -1.96. The molecule has 1 fully saturated rings. The first-order chi connectivity index (χ1) is 3.42. The van der Waals surface area contributed by atoms with E-state index in [1.54, 1.807) is 0 Å². The van der Waals surface area contributed by atoms with E-state index in [1.165, 1.54) is 5.70 Å². The van der Waals surface area contributed by atoms with E-state index in [9.17, 15) is 0 Å². The van der Waals surface area contributed by atoms with Gasteiger partial charge in [-0.25, -0.2) is 0 Å². The molecule has 7 heavy (non-hydrogen) atoms. The molecule has 1 aliphatic heterocycles. The van der Waals surface area contributed by atoms with E-state index in [2.05, 4.69) is 11.4 Å². The van der Waals surface area contributed by atoms with Crippen LogP contribution >= 0.6 is 0 Å². The number of fused-ring (bicyclic) bond motifs is 1. The minimum absolute atomic E-state index is 0.620. The summed E-state index contributed by atoms with van der Waals surface area (Å²) in [5.74, 6) is 0. The fraction of sp³-hybridized carbons (Fsp3) is 0.400. The lowest BCUT2D eigenvalue weighted by Crippen LogP contribution is -1.97. The van der Waals surface area contributed by atoms with E-state index < -0.39 is 0 Å². The Bertz CT molecular complexity index is 185. The summed E-state index contributed by atoms with van der Waals surface area (Å²) in [7, 11) is 0. The van der Waals surface area contributed by atoms with Gasteiger partial charge in [0.1, 0.15) is 0 Å². The molecular weight excluding hydrogens is 88.1 g/mol. The third-order valence-corrected chi connectivity index (χ3v) is 1.46. The van der Waals surface area contributed by atoms with Gasteiger partial charge in [0.2, 0.25) is 0 Å². The number of hydrogen-bond acceptors (Lipinski definition) is 2. The van der Waals surface area contributed by atoms with E-state index in [1.807, 2.05) is 0 Å². The first kappa shape index (κ1) is 3.09. The number of hydrogen-bond donors (Lipinski definition) is 1. The SMILES string of the molecule is N#CC1=C2NC2C1. The van der Waals surface area contributed by atoms with Gasteiger partial charge in [0, 0.05) is 12.1 Å². The van der Waals surface area contributed by atoms with Gasteiger partial charge >= 0.3 is 0 Å². The molecule has 1 saturated heterocycles. The van der Waals surface area contributed by atoms with E-state index in [0.717, 1.165) is 12.0 Å². The van der Waals surface area contributed by atoms with Crippen LogP contribution in [0.25, 0.3) is 0 Å². The summed E-state index contributed by atoms with van der Waals surface area (Å²) in [6, 6.07) is 2.73. The fourth-order valence-corrected chi connectivity index (χ4v) is 0.885. The molecule has 0 bridgehead atoms. The topological polar surface area (TPSA) is 45.7 Å². The summed E-state index contributed by atoms with van der Waals surface area (Å²) >= 11 is 0. The van der Waals surface area contributed by atoms with Crippen molar-refractivity contribution in [3.05, 3.63) is 11.3 Å². The third-order valence-electron chi connectivity index (χ3n) is 1.46. The molecular formula is C5H4N2. The second kappa shape index (κ2) is 0.671. The number of rotatable bonds is 0. The molecule has 2 aliphatic rings. The minimum Gasteiger partial charge on any atom is -0.377 e. The van der Waals surface area contributed by atoms with Crippen LogP contribution in [0.5, 0.6) is 0 Å².